The fraction of sp³-hybridized carbons (Fsp3) is 0.125. The number of nitrogens with zero attached hydrogens (tertiary/aromatic N) is 2. The molecule has 106 valence electrons. The monoisotopic (exact) mass is 343 g/mol. The van der Waals surface area contributed by atoms with E-state index in [2.05, 4.69) is 26.1 Å². The molecule has 0 fully saturated rings. The van der Waals surface area contributed by atoms with E-state index in [1.54, 1.807) is 0 Å². The van der Waals surface area contributed by atoms with Gasteiger partial charge in [0.25, 0.3) is 5.89 Å². The summed E-state index contributed by atoms with van der Waals surface area (Å²) in [6.07, 6.45) is 0.637. The maximum absolute atomic E-state index is 5.82. The smallest absolute Gasteiger partial charge is 0.258 e. The predicted molar refractivity (Wildman–Crippen MR) is 85.8 cm³/mol. The lowest BCUT2D eigenvalue weighted by molar-refractivity contribution is 0.423. The zero-order chi connectivity index (χ0) is 14.8. The molecule has 2 aromatic carbocycles. The Hall–Kier alpha value is -2.14. The number of aryl methyl sites for hydroxylation is 1. The van der Waals surface area contributed by atoms with Crippen molar-refractivity contribution in [1.82, 2.24) is 10.1 Å². The minimum absolute atomic E-state index is 0.506. The first-order valence-corrected chi connectivity index (χ1v) is 7.34. The van der Waals surface area contributed by atoms with Gasteiger partial charge >= 0.3 is 0 Å². The lowest BCUT2D eigenvalue weighted by atomic mass is 10.1. The summed E-state index contributed by atoms with van der Waals surface area (Å²) >= 11 is 3.42. The predicted octanol–water partition coefficient (Wildman–Crippen LogP) is 3.98. The topological polar surface area (TPSA) is 64.9 Å². The van der Waals surface area contributed by atoms with Gasteiger partial charge in [-0.3, -0.25) is 0 Å². The molecule has 21 heavy (non-hydrogen) atoms. The van der Waals surface area contributed by atoms with Crippen LogP contribution in [0.2, 0.25) is 0 Å². The van der Waals surface area contributed by atoms with Gasteiger partial charge in [0.15, 0.2) is 5.82 Å². The Balaban J connectivity index is 1.86. The summed E-state index contributed by atoms with van der Waals surface area (Å²) in [6, 6.07) is 13.7. The van der Waals surface area contributed by atoms with Crippen LogP contribution in [0.1, 0.15) is 17.0 Å². The highest BCUT2D eigenvalue weighted by Crippen LogP contribution is 2.24. The van der Waals surface area contributed by atoms with Crippen molar-refractivity contribution in [3.05, 3.63) is 63.9 Å². The van der Waals surface area contributed by atoms with Crippen LogP contribution in [0.4, 0.5) is 5.69 Å². The van der Waals surface area contributed by atoms with Crippen molar-refractivity contribution in [2.45, 2.75) is 13.3 Å². The van der Waals surface area contributed by atoms with Crippen LogP contribution in [-0.2, 0) is 6.42 Å². The number of rotatable bonds is 3. The molecular formula is C16H14BrN3O. The Morgan fingerprint density at radius 3 is 2.67 bits per heavy atom. The number of hydrogen-bond donors (Lipinski definition) is 1. The van der Waals surface area contributed by atoms with Crippen molar-refractivity contribution in [2.24, 2.45) is 0 Å². The Labute approximate surface area is 131 Å². The van der Waals surface area contributed by atoms with E-state index in [-0.39, 0.29) is 0 Å². The van der Waals surface area contributed by atoms with Crippen LogP contribution in [0, 0.1) is 6.92 Å². The molecule has 0 atom stereocenters. The highest BCUT2D eigenvalue weighted by Gasteiger charge is 2.12. The lowest BCUT2D eigenvalue weighted by Gasteiger charge is -2.01. The lowest BCUT2D eigenvalue weighted by Crippen LogP contribution is -1.92. The van der Waals surface area contributed by atoms with Crippen LogP contribution in [-0.4, -0.2) is 10.1 Å². The van der Waals surface area contributed by atoms with Crippen molar-refractivity contribution < 1.29 is 4.52 Å². The van der Waals surface area contributed by atoms with Crippen LogP contribution < -0.4 is 5.73 Å². The van der Waals surface area contributed by atoms with Gasteiger partial charge in [0.2, 0.25) is 0 Å². The van der Waals surface area contributed by atoms with Gasteiger partial charge in [-0.15, -0.1) is 0 Å². The molecule has 0 amide bonds. The second kappa shape index (κ2) is 5.69. The van der Waals surface area contributed by atoms with Gasteiger partial charge in [0, 0.05) is 22.1 Å². The van der Waals surface area contributed by atoms with E-state index in [9.17, 15) is 0 Å². The minimum atomic E-state index is 0.506. The van der Waals surface area contributed by atoms with Crippen molar-refractivity contribution in [3.63, 3.8) is 0 Å². The zero-order valence-electron chi connectivity index (χ0n) is 11.5. The zero-order valence-corrected chi connectivity index (χ0v) is 13.1. The number of nitrogen functional groups attached to an aromatic ring is 1. The van der Waals surface area contributed by atoms with Gasteiger partial charge in [-0.2, -0.15) is 4.98 Å². The second-order valence-electron chi connectivity index (χ2n) is 4.89. The molecule has 0 aliphatic heterocycles. The normalized spacial score (nSPS) is 10.8. The summed E-state index contributed by atoms with van der Waals surface area (Å²) in [5, 5.41) is 4.04. The summed E-state index contributed by atoms with van der Waals surface area (Å²) in [7, 11) is 0. The summed E-state index contributed by atoms with van der Waals surface area (Å²) < 4.78 is 6.41. The number of anilines is 1. The molecular weight excluding hydrogens is 330 g/mol. The molecule has 3 aromatic rings. The second-order valence-corrected chi connectivity index (χ2v) is 5.81. The van der Waals surface area contributed by atoms with Crippen molar-refractivity contribution in [2.75, 3.05) is 5.73 Å². The quantitative estimate of drug-likeness (QED) is 0.730. The van der Waals surface area contributed by atoms with Gasteiger partial charge in [0.05, 0.1) is 0 Å². The summed E-state index contributed by atoms with van der Waals surface area (Å²) in [5.74, 6) is 1.17. The molecule has 0 saturated heterocycles. The molecule has 3 rings (SSSR count). The molecule has 2 N–H and O–H groups in total. The van der Waals surface area contributed by atoms with E-state index >= 15 is 0 Å². The Morgan fingerprint density at radius 1 is 1.14 bits per heavy atom. The fourth-order valence-electron chi connectivity index (χ4n) is 2.09. The number of benzene rings is 2. The molecule has 0 bridgehead atoms. The number of aromatic nitrogens is 2. The molecule has 5 heteroatoms. The third kappa shape index (κ3) is 3.13. The summed E-state index contributed by atoms with van der Waals surface area (Å²) in [5.41, 5.74) is 9.57. The number of hydrogen-bond acceptors (Lipinski definition) is 4. The maximum Gasteiger partial charge on any atom is 0.258 e. The number of halogens is 1. The first-order chi connectivity index (χ1) is 10.1. The van der Waals surface area contributed by atoms with Crippen LogP contribution >= 0.6 is 15.9 Å². The van der Waals surface area contributed by atoms with Gasteiger partial charge in [0.1, 0.15) is 0 Å². The first kappa shape index (κ1) is 13.8. The molecule has 0 spiro atoms. The van der Waals surface area contributed by atoms with Gasteiger partial charge < -0.3 is 10.3 Å². The molecule has 0 saturated carbocycles. The highest BCUT2D eigenvalue weighted by atomic mass is 79.9. The van der Waals surface area contributed by atoms with E-state index in [1.165, 1.54) is 0 Å². The van der Waals surface area contributed by atoms with Crippen LogP contribution in [0.5, 0.6) is 0 Å². The molecule has 0 aliphatic rings. The van der Waals surface area contributed by atoms with Crippen molar-refractivity contribution in [1.29, 1.82) is 0 Å². The molecule has 1 heterocycles. The van der Waals surface area contributed by atoms with Gasteiger partial charge in [-0.1, -0.05) is 39.3 Å². The summed E-state index contributed by atoms with van der Waals surface area (Å²) in [4.78, 5) is 4.46. The molecule has 0 aliphatic carbocycles. The highest BCUT2D eigenvalue weighted by molar-refractivity contribution is 9.10. The molecule has 0 unspecified atom stereocenters. The van der Waals surface area contributed by atoms with Crippen LogP contribution in [0.3, 0.4) is 0 Å². The van der Waals surface area contributed by atoms with E-state index in [0.29, 0.717) is 23.8 Å². The molecule has 4 nitrogen and oxygen atoms in total. The fourth-order valence-corrected chi connectivity index (χ4v) is 2.35. The van der Waals surface area contributed by atoms with Gasteiger partial charge in [-0.25, -0.2) is 0 Å². The minimum Gasteiger partial charge on any atom is -0.399 e. The average Bonchev–Trinajstić information content (AvgIpc) is 2.92. The van der Waals surface area contributed by atoms with Crippen LogP contribution in [0.15, 0.2) is 51.5 Å². The van der Waals surface area contributed by atoms with E-state index < -0.39 is 0 Å². The van der Waals surface area contributed by atoms with E-state index in [4.69, 9.17) is 10.3 Å². The Kier molecular flexibility index (Phi) is 3.75. The van der Waals surface area contributed by atoms with Crippen molar-refractivity contribution in [3.8, 4) is 11.5 Å². The van der Waals surface area contributed by atoms with E-state index in [1.807, 2.05) is 49.4 Å². The summed E-state index contributed by atoms with van der Waals surface area (Å²) in [6.45, 7) is 1.99. The molecule has 0 radical (unpaired) electrons. The largest absolute Gasteiger partial charge is 0.399 e. The van der Waals surface area contributed by atoms with Crippen LogP contribution in [0.25, 0.3) is 11.5 Å². The average molecular weight is 344 g/mol. The third-order valence-electron chi connectivity index (χ3n) is 3.24. The number of nitrogens with two attached hydrogens (primary N) is 1. The van der Waals surface area contributed by atoms with Crippen molar-refractivity contribution >= 4 is 21.6 Å². The third-order valence-corrected chi connectivity index (χ3v) is 3.76. The SMILES string of the molecule is Cc1ccc(N)cc1-c1nc(Cc2ccc(Br)cc2)no1. The first-order valence-electron chi connectivity index (χ1n) is 6.55. The van der Waals surface area contributed by atoms with Gasteiger partial charge in [-0.05, 0) is 42.3 Å². The van der Waals surface area contributed by atoms with E-state index in [0.717, 1.165) is 21.2 Å². The standard InChI is InChI=1S/C16H14BrN3O/c1-10-2-7-13(18)9-14(10)16-19-15(20-21-16)8-11-3-5-12(17)6-4-11/h2-7,9H,8,18H2,1H3. The molecule has 1 aromatic heterocycles. The maximum atomic E-state index is 5.82. The Bertz CT molecular complexity index is 765. The Morgan fingerprint density at radius 2 is 1.90 bits per heavy atom.